The van der Waals surface area contributed by atoms with Crippen LogP contribution in [0.3, 0.4) is 0 Å². The van der Waals surface area contributed by atoms with E-state index in [0.29, 0.717) is 36.2 Å². The number of carbonyl (C=O) groups excluding carboxylic acids is 1. The van der Waals surface area contributed by atoms with Gasteiger partial charge in [0.1, 0.15) is 17.4 Å². The molecule has 1 unspecified atom stereocenters. The number of hydrogen-bond donors (Lipinski definition) is 3. The predicted octanol–water partition coefficient (Wildman–Crippen LogP) is 7.03. The highest BCUT2D eigenvalue weighted by atomic mass is 35.5. The van der Waals surface area contributed by atoms with E-state index in [1.165, 1.54) is 12.1 Å². The first-order valence-electron chi connectivity index (χ1n) is 12.9. The molecule has 3 aromatic carbocycles. The number of hydrogen-bond acceptors (Lipinski definition) is 6. The highest BCUT2D eigenvalue weighted by Crippen LogP contribution is 2.45. The average molecular weight is 610 g/mol. The molecule has 1 saturated heterocycles. The molecule has 1 atom stereocenters. The summed E-state index contributed by atoms with van der Waals surface area (Å²) in [6, 6.07) is 6.43. The van der Waals surface area contributed by atoms with Crippen LogP contribution in [0.15, 0.2) is 42.5 Å². The van der Waals surface area contributed by atoms with Crippen molar-refractivity contribution in [1.82, 2.24) is 15.1 Å². The summed E-state index contributed by atoms with van der Waals surface area (Å²) in [4.78, 5) is 13.2. The number of amides is 1. The number of nitrogen functional groups attached to an aromatic ring is 1. The summed E-state index contributed by atoms with van der Waals surface area (Å²) >= 11 is 6.27. The summed E-state index contributed by atoms with van der Waals surface area (Å²) in [6.45, 7) is 0.758. The largest absolute Gasteiger partial charge is 0.453 e. The van der Waals surface area contributed by atoms with Crippen LogP contribution in [0.1, 0.15) is 47.0 Å². The summed E-state index contributed by atoms with van der Waals surface area (Å²) < 4.78 is 81.8. The van der Waals surface area contributed by atoms with Crippen LogP contribution in [0.4, 0.5) is 33.5 Å². The molecule has 1 aromatic heterocycles. The normalized spacial score (nSPS) is 15.6. The zero-order valence-electron chi connectivity index (χ0n) is 22.1. The Hall–Kier alpha value is -3.94. The van der Waals surface area contributed by atoms with Crippen LogP contribution in [0.25, 0.3) is 10.9 Å². The van der Waals surface area contributed by atoms with Gasteiger partial charge in [0.25, 0.3) is 5.91 Å². The molecule has 14 heteroatoms. The maximum absolute atomic E-state index is 14.2. The number of aromatic nitrogens is 2. The number of benzene rings is 3. The maximum Gasteiger partial charge on any atom is 0.416 e. The molecule has 8 nitrogen and oxygen atoms in total. The van der Waals surface area contributed by atoms with E-state index in [1.807, 2.05) is 0 Å². The van der Waals surface area contributed by atoms with Crippen LogP contribution in [0, 0.1) is 11.6 Å². The van der Waals surface area contributed by atoms with Gasteiger partial charge in [0.2, 0.25) is 0 Å². The molecule has 2 heterocycles. The van der Waals surface area contributed by atoms with Crippen molar-refractivity contribution in [3.63, 3.8) is 0 Å². The van der Waals surface area contributed by atoms with Gasteiger partial charge in [-0.25, -0.2) is 13.5 Å². The third-order valence-electron chi connectivity index (χ3n) is 6.67. The number of anilines is 2. The third-order valence-corrected chi connectivity index (χ3v) is 6.98. The summed E-state index contributed by atoms with van der Waals surface area (Å²) in [5, 5.41) is 10.3. The number of nitrogens with zero attached hydrogens (tertiary/aromatic N) is 2. The molecule has 0 spiro atoms. The number of ether oxygens (including phenoxy) is 2. The van der Waals surface area contributed by atoms with E-state index in [0.717, 1.165) is 25.0 Å². The van der Waals surface area contributed by atoms with Crippen LogP contribution in [-0.2, 0) is 17.5 Å². The van der Waals surface area contributed by atoms with Crippen molar-refractivity contribution in [2.24, 2.45) is 0 Å². The van der Waals surface area contributed by atoms with Crippen LogP contribution in [0.5, 0.6) is 11.5 Å². The van der Waals surface area contributed by atoms with Crippen molar-refractivity contribution in [3.05, 3.63) is 75.8 Å². The van der Waals surface area contributed by atoms with Gasteiger partial charge >= 0.3 is 6.18 Å². The Balaban J connectivity index is 1.70. The minimum atomic E-state index is -4.89. The maximum atomic E-state index is 14.2. The minimum Gasteiger partial charge on any atom is -0.453 e. The summed E-state index contributed by atoms with van der Waals surface area (Å²) in [6.07, 6.45) is -2.92. The Kier molecular flexibility index (Phi) is 8.26. The fraction of sp³-hybridized carbons (Fsp3) is 0.286. The summed E-state index contributed by atoms with van der Waals surface area (Å²) in [5.41, 5.74) is 5.49. The lowest BCUT2D eigenvalue weighted by molar-refractivity contribution is -0.137. The molecular formula is C28H25ClF5N5O3. The first-order chi connectivity index (χ1) is 20.0. The molecule has 0 saturated carbocycles. The predicted molar refractivity (Wildman–Crippen MR) is 147 cm³/mol. The number of fused-ring (bicyclic) bond motifs is 1. The molecule has 42 heavy (non-hydrogen) atoms. The molecule has 1 fully saturated rings. The Bertz CT molecular complexity index is 1650. The second kappa shape index (κ2) is 11.7. The number of alkyl halides is 3. The lowest BCUT2D eigenvalue weighted by Crippen LogP contribution is -2.20. The molecular weight excluding hydrogens is 585 g/mol. The van der Waals surface area contributed by atoms with E-state index in [1.54, 1.807) is 11.7 Å². The van der Waals surface area contributed by atoms with E-state index in [4.69, 9.17) is 26.8 Å². The average Bonchev–Trinajstić information content (AvgIpc) is 3.29. The first kappa shape index (κ1) is 29.5. The number of rotatable bonds is 7. The van der Waals surface area contributed by atoms with Crippen LogP contribution < -0.4 is 21.1 Å². The molecule has 1 amide bonds. The van der Waals surface area contributed by atoms with E-state index in [9.17, 15) is 26.7 Å². The van der Waals surface area contributed by atoms with Gasteiger partial charge in [-0.05, 0) is 68.3 Å². The van der Waals surface area contributed by atoms with Crippen LogP contribution in [-0.4, -0.2) is 29.3 Å². The minimum absolute atomic E-state index is 0.0136. The number of nitrogens with one attached hydrogen (secondary N) is 2. The Morgan fingerprint density at radius 2 is 1.95 bits per heavy atom. The van der Waals surface area contributed by atoms with Crippen LogP contribution in [0.2, 0.25) is 5.02 Å². The molecule has 0 aliphatic carbocycles. The molecule has 4 aromatic rings. The topological polar surface area (TPSA) is 103 Å². The third kappa shape index (κ3) is 5.98. The van der Waals surface area contributed by atoms with Crippen molar-refractivity contribution in [1.29, 1.82) is 0 Å². The van der Waals surface area contributed by atoms with E-state index in [2.05, 4.69) is 15.7 Å². The Labute approximate surface area is 241 Å². The van der Waals surface area contributed by atoms with Gasteiger partial charge in [-0.15, -0.1) is 0 Å². The standard InChI is InChI=1S/C28H25ClF5N5O3/c1-36-13-15-10-20(37-27(40)14-8-16(28(32,33)34)11-18(31)9-14)25(42-21-12-17(30)5-6-19(21)29)23-24(15)39(38-26(23)35)22-4-2-3-7-41-22/h5-6,8-12,22,36H,2-4,7,13H2,1H3,(H2,35,38)(H,37,40). The lowest BCUT2D eigenvalue weighted by Gasteiger charge is -2.24. The molecule has 1 aliphatic heterocycles. The van der Waals surface area contributed by atoms with Gasteiger partial charge < -0.3 is 25.8 Å². The van der Waals surface area contributed by atoms with Crippen molar-refractivity contribution < 1.29 is 36.2 Å². The fourth-order valence-electron chi connectivity index (χ4n) is 4.82. The quantitative estimate of drug-likeness (QED) is 0.194. The second-order valence-corrected chi connectivity index (χ2v) is 10.1. The smallest absolute Gasteiger partial charge is 0.416 e. The highest BCUT2D eigenvalue weighted by Gasteiger charge is 2.33. The van der Waals surface area contributed by atoms with Crippen molar-refractivity contribution in [2.45, 2.75) is 38.2 Å². The summed E-state index contributed by atoms with van der Waals surface area (Å²) in [5.74, 6) is -3.21. The molecule has 0 radical (unpaired) electrons. The molecule has 0 bridgehead atoms. The zero-order valence-corrected chi connectivity index (χ0v) is 22.9. The van der Waals surface area contributed by atoms with Crippen molar-refractivity contribution in [3.8, 4) is 11.5 Å². The molecule has 1 aliphatic rings. The van der Waals surface area contributed by atoms with Gasteiger partial charge in [0.05, 0.1) is 27.2 Å². The van der Waals surface area contributed by atoms with E-state index >= 15 is 0 Å². The fourth-order valence-corrected chi connectivity index (χ4v) is 4.98. The molecule has 4 N–H and O–H groups in total. The van der Waals surface area contributed by atoms with Crippen molar-refractivity contribution >= 4 is 39.9 Å². The monoisotopic (exact) mass is 609 g/mol. The van der Waals surface area contributed by atoms with Gasteiger partial charge in [-0.1, -0.05) is 11.6 Å². The van der Waals surface area contributed by atoms with E-state index < -0.39 is 41.1 Å². The number of nitrogens with two attached hydrogens (primary N) is 1. The van der Waals surface area contributed by atoms with Gasteiger partial charge in [0, 0.05) is 24.8 Å². The lowest BCUT2D eigenvalue weighted by atomic mass is 10.1. The zero-order chi connectivity index (χ0) is 30.2. The Morgan fingerprint density at radius 3 is 2.64 bits per heavy atom. The Morgan fingerprint density at radius 1 is 1.17 bits per heavy atom. The van der Waals surface area contributed by atoms with Crippen LogP contribution >= 0.6 is 11.6 Å². The van der Waals surface area contributed by atoms with Gasteiger partial charge in [-0.2, -0.15) is 18.3 Å². The number of halogens is 6. The SMILES string of the molecule is CNCc1cc(NC(=O)c2cc(F)cc(C(F)(F)F)c2)c(Oc2cc(F)ccc2Cl)c2c(N)nn(C3CCCCO3)c12. The first-order valence-corrected chi connectivity index (χ1v) is 13.3. The second-order valence-electron chi connectivity index (χ2n) is 9.67. The van der Waals surface area contributed by atoms with Gasteiger partial charge in [-0.3, -0.25) is 4.79 Å². The van der Waals surface area contributed by atoms with Gasteiger partial charge in [0.15, 0.2) is 17.8 Å². The summed E-state index contributed by atoms with van der Waals surface area (Å²) in [7, 11) is 1.69. The number of carbonyl (C=O) groups is 1. The van der Waals surface area contributed by atoms with E-state index in [-0.39, 0.29) is 46.0 Å². The highest BCUT2D eigenvalue weighted by molar-refractivity contribution is 6.32. The van der Waals surface area contributed by atoms with Crippen molar-refractivity contribution in [2.75, 3.05) is 24.7 Å². The molecule has 5 rings (SSSR count). The molecule has 222 valence electrons.